The molecular weight excluding hydrogens is 259 g/mol. The Morgan fingerprint density at radius 3 is 2.42 bits per heavy atom. The highest BCUT2D eigenvalue weighted by molar-refractivity contribution is 5.94. The first-order valence-electron chi connectivity index (χ1n) is 5.85. The van der Waals surface area contributed by atoms with E-state index in [9.17, 15) is 18.0 Å². The molecule has 1 N–H and O–H groups in total. The van der Waals surface area contributed by atoms with Crippen molar-refractivity contribution in [3.63, 3.8) is 0 Å². The standard InChI is InChI=1S/C13H16F3NO2/c1-4-8(2)17(3)11-6-5-9(13(14,15)16)7-10(11)12(18)19/h5-8H,4H2,1-3H3,(H,18,19). The molecule has 0 aromatic heterocycles. The maximum atomic E-state index is 12.6. The van der Waals surface area contributed by atoms with E-state index in [-0.39, 0.29) is 17.3 Å². The molecule has 0 saturated heterocycles. The van der Waals surface area contributed by atoms with Crippen molar-refractivity contribution in [1.82, 2.24) is 0 Å². The Balaban J connectivity index is 3.31. The van der Waals surface area contributed by atoms with Gasteiger partial charge in [-0.1, -0.05) is 6.92 Å². The van der Waals surface area contributed by atoms with E-state index in [1.807, 2.05) is 13.8 Å². The van der Waals surface area contributed by atoms with Crippen LogP contribution in [0.5, 0.6) is 0 Å². The number of rotatable bonds is 4. The highest BCUT2D eigenvalue weighted by Gasteiger charge is 2.32. The van der Waals surface area contributed by atoms with E-state index in [4.69, 9.17) is 5.11 Å². The molecule has 3 nitrogen and oxygen atoms in total. The van der Waals surface area contributed by atoms with E-state index in [1.165, 1.54) is 6.07 Å². The number of aromatic carboxylic acids is 1. The van der Waals surface area contributed by atoms with Gasteiger partial charge in [-0.15, -0.1) is 0 Å². The maximum absolute atomic E-state index is 12.6. The zero-order valence-corrected chi connectivity index (χ0v) is 11.0. The van der Waals surface area contributed by atoms with Gasteiger partial charge in [0.15, 0.2) is 0 Å². The molecule has 19 heavy (non-hydrogen) atoms. The van der Waals surface area contributed by atoms with Gasteiger partial charge in [-0.2, -0.15) is 13.2 Å². The van der Waals surface area contributed by atoms with Crippen LogP contribution in [0, 0.1) is 0 Å². The fourth-order valence-electron chi connectivity index (χ4n) is 1.70. The van der Waals surface area contributed by atoms with Gasteiger partial charge in [-0.25, -0.2) is 4.79 Å². The molecule has 0 heterocycles. The Labute approximate surface area is 109 Å². The van der Waals surface area contributed by atoms with Crippen LogP contribution in [0.15, 0.2) is 18.2 Å². The van der Waals surface area contributed by atoms with E-state index in [0.29, 0.717) is 6.07 Å². The highest BCUT2D eigenvalue weighted by atomic mass is 19.4. The van der Waals surface area contributed by atoms with Gasteiger partial charge in [-0.05, 0) is 31.5 Å². The minimum Gasteiger partial charge on any atom is -0.478 e. The fraction of sp³-hybridized carbons (Fsp3) is 0.462. The lowest BCUT2D eigenvalue weighted by Crippen LogP contribution is -2.29. The number of carboxylic acids is 1. The molecule has 0 fully saturated rings. The van der Waals surface area contributed by atoms with E-state index in [1.54, 1.807) is 11.9 Å². The van der Waals surface area contributed by atoms with Crippen LogP contribution in [0.2, 0.25) is 0 Å². The smallest absolute Gasteiger partial charge is 0.416 e. The third-order valence-electron chi connectivity index (χ3n) is 3.19. The van der Waals surface area contributed by atoms with Gasteiger partial charge in [0, 0.05) is 13.1 Å². The van der Waals surface area contributed by atoms with E-state index in [2.05, 4.69) is 0 Å². The second kappa shape index (κ2) is 5.50. The SMILES string of the molecule is CCC(C)N(C)c1ccc(C(F)(F)F)cc1C(=O)O. The second-order valence-corrected chi connectivity index (χ2v) is 4.40. The molecule has 0 amide bonds. The van der Waals surface area contributed by atoms with Crippen molar-refractivity contribution in [2.75, 3.05) is 11.9 Å². The predicted octanol–water partition coefficient (Wildman–Crippen LogP) is 3.64. The number of alkyl halides is 3. The van der Waals surface area contributed by atoms with Gasteiger partial charge in [0.2, 0.25) is 0 Å². The summed E-state index contributed by atoms with van der Waals surface area (Å²) in [5.41, 5.74) is -1.00. The largest absolute Gasteiger partial charge is 0.478 e. The van der Waals surface area contributed by atoms with Crippen LogP contribution in [0.1, 0.15) is 36.2 Å². The average Bonchev–Trinajstić information content (AvgIpc) is 2.35. The number of anilines is 1. The number of carbonyl (C=O) groups is 1. The van der Waals surface area contributed by atoms with Crippen molar-refractivity contribution in [3.8, 4) is 0 Å². The molecule has 0 aliphatic carbocycles. The minimum atomic E-state index is -4.54. The summed E-state index contributed by atoms with van der Waals surface area (Å²) >= 11 is 0. The molecule has 1 rings (SSSR count). The summed E-state index contributed by atoms with van der Waals surface area (Å²) in [5, 5.41) is 9.07. The Bertz CT molecular complexity index is 471. The average molecular weight is 275 g/mol. The Morgan fingerprint density at radius 1 is 1.42 bits per heavy atom. The zero-order chi connectivity index (χ0) is 14.8. The summed E-state index contributed by atoms with van der Waals surface area (Å²) in [6.45, 7) is 3.80. The van der Waals surface area contributed by atoms with E-state index < -0.39 is 17.7 Å². The highest BCUT2D eigenvalue weighted by Crippen LogP contribution is 2.33. The lowest BCUT2D eigenvalue weighted by atomic mass is 10.1. The molecule has 106 valence electrons. The zero-order valence-electron chi connectivity index (χ0n) is 11.0. The molecule has 1 unspecified atom stereocenters. The molecule has 0 spiro atoms. The number of hydrogen-bond acceptors (Lipinski definition) is 2. The summed E-state index contributed by atoms with van der Waals surface area (Å²) in [6.07, 6.45) is -3.78. The predicted molar refractivity (Wildman–Crippen MR) is 66.6 cm³/mol. The molecule has 1 aromatic carbocycles. The van der Waals surface area contributed by atoms with Gasteiger partial charge < -0.3 is 10.0 Å². The molecule has 0 radical (unpaired) electrons. The lowest BCUT2D eigenvalue weighted by molar-refractivity contribution is -0.137. The van der Waals surface area contributed by atoms with Gasteiger partial charge in [-0.3, -0.25) is 0 Å². The van der Waals surface area contributed by atoms with Gasteiger partial charge >= 0.3 is 12.1 Å². The van der Waals surface area contributed by atoms with Gasteiger partial charge in [0.05, 0.1) is 16.8 Å². The van der Waals surface area contributed by atoms with E-state index >= 15 is 0 Å². The van der Waals surface area contributed by atoms with Crippen molar-refractivity contribution >= 4 is 11.7 Å². The summed E-state index contributed by atoms with van der Waals surface area (Å²) in [6, 6.07) is 2.82. The van der Waals surface area contributed by atoms with Crippen LogP contribution >= 0.6 is 0 Å². The van der Waals surface area contributed by atoms with Gasteiger partial charge in [0.25, 0.3) is 0 Å². The Morgan fingerprint density at radius 2 is 2.00 bits per heavy atom. The number of halogens is 3. The fourth-order valence-corrected chi connectivity index (χ4v) is 1.70. The normalized spacial score (nSPS) is 13.2. The van der Waals surface area contributed by atoms with Crippen LogP contribution in [0.3, 0.4) is 0 Å². The Kier molecular flexibility index (Phi) is 4.44. The lowest BCUT2D eigenvalue weighted by Gasteiger charge is -2.27. The quantitative estimate of drug-likeness (QED) is 0.912. The van der Waals surface area contributed by atoms with Crippen LogP contribution in [0.25, 0.3) is 0 Å². The summed E-state index contributed by atoms with van der Waals surface area (Å²) in [7, 11) is 1.67. The molecule has 1 aromatic rings. The molecule has 1 atom stereocenters. The van der Waals surface area contributed by atoms with Crippen LogP contribution in [-0.4, -0.2) is 24.2 Å². The number of nitrogens with zero attached hydrogens (tertiary/aromatic N) is 1. The third-order valence-corrected chi connectivity index (χ3v) is 3.19. The first kappa shape index (κ1) is 15.3. The van der Waals surface area contributed by atoms with Crippen molar-refractivity contribution in [1.29, 1.82) is 0 Å². The molecular formula is C13H16F3NO2. The summed E-state index contributed by atoms with van der Waals surface area (Å²) < 4.78 is 37.7. The van der Waals surface area contributed by atoms with Crippen molar-refractivity contribution in [2.45, 2.75) is 32.5 Å². The molecule has 6 heteroatoms. The maximum Gasteiger partial charge on any atom is 0.416 e. The minimum absolute atomic E-state index is 0.0369. The van der Waals surface area contributed by atoms with Crippen molar-refractivity contribution in [2.24, 2.45) is 0 Å². The molecule has 0 bridgehead atoms. The Hall–Kier alpha value is -1.72. The summed E-state index contributed by atoms with van der Waals surface area (Å²) in [4.78, 5) is 12.8. The monoisotopic (exact) mass is 275 g/mol. The van der Waals surface area contributed by atoms with Crippen molar-refractivity contribution < 1.29 is 23.1 Å². The van der Waals surface area contributed by atoms with E-state index in [0.717, 1.165) is 12.5 Å². The first-order chi connectivity index (χ1) is 8.68. The summed E-state index contributed by atoms with van der Waals surface area (Å²) in [5.74, 6) is -1.36. The van der Waals surface area contributed by atoms with Crippen LogP contribution < -0.4 is 4.90 Å². The topological polar surface area (TPSA) is 40.5 Å². The van der Waals surface area contributed by atoms with Crippen LogP contribution in [-0.2, 0) is 6.18 Å². The number of benzene rings is 1. The number of hydrogen-bond donors (Lipinski definition) is 1. The molecule has 0 aliphatic rings. The molecule has 0 aliphatic heterocycles. The number of carboxylic acid groups (broad SMARTS) is 1. The second-order valence-electron chi connectivity index (χ2n) is 4.40. The first-order valence-corrected chi connectivity index (χ1v) is 5.85. The third kappa shape index (κ3) is 3.39. The van der Waals surface area contributed by atoms with Gasteiger partial charge in [0.1, 0.15) is 0 Å². The molecule has 0 saturated carbocycles. The van der Waals surface area contributed by atoms with Crippen molar-refractivity contribution in [3.05, 3.63) is 29.3 Å². The van der Waals surface area contributed by atoms with Crippen LogP contribution in [0.4, 0.5) is 18.9 Å².